The highest BCUT2D eigenvalue weighted by molar-refractivity contribution is 7.15. The van der Waals surface area contributed by atoms with Gasteiger partial charge in [0.25, 0.3) is 0 Å². The molecule has 2 rings (SSSR count). The molecule has 108 valence electrons. The van der Waals surface area contributed by atoms with Gasteiger partial charge in [-0.2, -0.15) is 0 Å². The molecule has 0 fully saturated rings. The van der Waals surface area contributed by atoms with Gasteiger partial charge in [-0.1, -0.05) is 0 Å². The first-order valence-corrected chi connectivity index (χ1v) is 7.33. The topological polar surface area (TPSA) is 28.2 Å². The van der Waals surface area contributed by atoms with Crippen LogP contribution in [0.2, 0.25) is 0 Å². The fourth-order valence-electron chi connectivity index (χ4n) is 1.86. The Bertz CT molecular complexity index is 547. The number of benzene rings is 1. The Hall–Kier alpha value is -1.69. The Labute approximate surface area is 121 Å². The van der Waals surface area contributed by atoms with Crippen molar-refractivity contribution >= 4 is 22.2 Å². The summed E-state index contributed by atoms with van der Waals surface area (Å²) in [4.78, 5) is 7.55. The third-order valence-electron chi connectivity index (χ3n) is 2.90. The van der Waals surface area contributed by atoms with Gasteiger partial charge in [0.05, 0.1) is 6.54 Å². The van der Waals surface area contributed by atoms with Crippen molar-refractivity contribution in [3.63, 3.8) is 0 Å². The molecule has 0 saturated carbocycles. The lowest BCUT2D eigenvalue weighted by Gasteiger charge is -2.16. The number of rotatable bonds is 6. The Kier molecular flexibility index (Phi) is 4.89. The molecule has 1 heterocycles. The summed E-state index contributed by atoms with van der Waals surface area (Å²) in [7, 11) is 0. The lowest BCUT2D eigenvalue weighted by atomic mass is 10.3. The average molecular weight is 297 g/mol. The molecule has 0 aliphatic carbocycles. The van der Waals surface area contributed by atoms with Crippen molar-refractivity contribution in [2.45, 2.75) is 20.4 Å². The Morgan fingerprint density at radius 1 is 1.15 bits per heavy atom. The summed E-state index contributed by atoms with van der Waals surface area (Å²) in [5.41, 5.74) is 0.431. The van der Waals surface area contributed by atoms with Crippen molar-refractivity contribution in [3.05, 3.63) is 40.9 Å². The van der Waals surface area contributed by atoms with Gasteiger partial charge in [0.2, 0.25) is 0 Å². The van der Waals surface area contributed by atoms with Crippen LogP contribution >= 0.6 is 11.3 Å². The summed E-state index contributed by atoms with van der Waals surface area (Å²) in [6.45, 7) is 6.48. The lowest BCUT2D eigenvalue weighted by molar-refractivity contribution is 0.584. The first-order chi connectivity index (χ1) is 9.62. The van der Waals surface area contributed by atoms with E-state index in [-0.39, 0.29) is 0 Å². The van der Waals surface area contributed by atoms with Gasteiger partial charge in [0.15, 0.2) is 5.13 Å². The van der Waals surface area contributed by atoms with E-state index in [1.165, 1.54) is 12.1 Å². The SMILES string of the molecule is CCN(CC)c1ncc(CNc2cc(F)cc(F)c2)s1. The molecule has 20 heavy (non-hydrogen) atoms. The number of hydrogen-bond acceptors (Lipinski definition) is 4. The van der Waals surface area contributed by atoms with Gasteiger partial charge >= 0.3 is 0 Å². The maximum atomic E-state index is 13.1. The molecule has 0 atom stereocenters. The second-order valence-corrected chi connectivity index (χ2v) is 5.39. The Morgan fingerprint density at radius 3 is 2.40 bits per heavy atom. The molecular weight excluding hydrogens is 280 g/mol. The minimum atomic E-state index is -0.583. The maximum Gasteiger partial charge on any atom is 0.185 e. The summed E-state index contributed by atoms with van der Waals surface area (Å²) >= 11 is 1.58. The van der Waals surface area contributed by atoms with E-state index in [2.05, 4.69) is 29.0 Å². The maximum absolute atomic E-state index is 13.1. The van der Waals surface area contributed by atoms with Gasteiger partial charge in [-0.3, -0.25) is 0 Å². The number of nitrogens with one attached hydrogen (secondary N) is 1. The smallest absolute Gasteiger partial charge is 0.185 e. The molecule has 1 N–H and O–H groups in total. The van der Waals surface area contributed by atoms with E-state index in [1.54, 1.807) is 17.5 Å². The van der Waals surface area contributed by atoms with E-state index in [9.17, 15) is 8.78 Å². The lowest BCUT2D eigenvalue weighted by Crippen LogP contribution is -2.21. The normalized spacial score (nSPS) is 10.6. The number of anilines is 2. The van der Waals surface area contributed by atoms with Crippen molar-refractivity contribution in [2.75, 3.05) is 23.3 Å². The predicted molar refractivity (Wildman–Crippen MR) is 79.4 cm³/mol. The van der Waals surface area contributed by atoms with E-state index in [0.29, 0.717) is 12.2 Å². The summed E-state index contributed by atoms with van der Waals surface area (Å²) in [6, 6.07) is 3.40. The predicted octanol–water partition coefficient (Wildman–Crippen LogP) is 3.88. The average Bonchev–Trinajstić information content (AvgIpc) is 2.86. The van der Waals surface area contributed by atoms with Crippen LogP contribution in [0.15, 0.2) is 24.4 Å². The first-order valence-electron chi connectivity index (χ1n) is 6.52. The van der Waals surface area contributed by atoms with Gasteiger partial charge in [-0.25, -0.2) is 13.8 Å². The summed E-state index contributed by atoms with van der Waals surface area (Å²) in [6.07, 6.45) is 1.79. The number of halogens is 2. The molecule has 3 nitrogen and oxygen atoms in total. The zero-order valence-electron chi connectivity index (χ0n) is 11.5. The quantitative estimate of drug-likeness (QED) is 0.877. The van der Waals surface area contributed by atoms with Crippen LogP contribution in [0.5, 0.6) is 0 Å². The molecule has 0 radical (unpaired) electrons. The molecule has 0 bridgehead atoms. The van der Waals surface area contributed by atoms with Crippen LogP contribution in [0.3, 0.4) is 0 Å². The third-order valence-corrected chi connectivity index (χ3v) is 3.96. The van der Waals surface area contributed by atoms with Crippen LogP contribution in [-0.2, 0) is 6.54 Å². The van der Waals surface area contributed by atoms with Crippen molar-refractivity contribution in [1.82, 2.24) is 4.98 Å². The monoisotopic (exact) mass is 297 g/mol. The molecule has 6 heteroatoms. The van der Waals surface area contributed by atoms with E-state index in [4.69, 9.17) is 0 Å². The van der Waals surface area contributed by atoms with E-state index in [1.807, 2.05) is 0 Å². The highest BCUT2D eigenvalue weighted by Crippen LogP contribution is 2.23. The van der Waals surface area contributed by atoms with Crippen molar-refractivity contribution in [2.24, 2.45) is 0 Å². The van der Waals surface area contributed by atoms with Gasteiger partial charge in [0, 0.05) is 35.9 Å². The molecule has 0 amide bonds. The molecule has 2 aromatic rings. The summed E-state index contributed by atoms with van der Waals surface area (Å²) < 4.78 is 26.1. The van der Waals surface area contributed by atoms with Crippen LogP contribution in [0, 0.1) is 11.6 Å². The van der Waals surface area contributed by atoms with Gasteiger partial charge < -0.3 is 10.2 Å². The fourth-order valence-corrected chi connectivity index (χ4v) is 2.84. The highest BCUT2D eigenvalue weighted by atomic mass is 32.1. The van der Waals surface area contributed by atoms with Crippen LogP contribution in [0.25, 0.3) is 0 Å². The van der Waals surface area contributed by atoms with Crippen molar-refractivity contribution in [3.8, 4) is 0 Å². The second kappa shape index (κ2) is 6.65. The summed E-state index contributed by atoms with van der Waals surface area (Å²) in [5.74, 6) is -1.17. The van der Waals surface area contributed by atoms with E-state index < -0.39 is 11.6 Å². The van der Waals surface area contributed by atoms with Gasteiger partial charge in [-0.15, -0.1) is 11.3 Å². The number of hydrogen-bond donors (Lipinski definition) is 1. The third kappa shape index (κ3) is 3.66. The van der Waals surface area contributed by atoms with E-state index in [0.717, 1.165) is 29.2 Å². The zero-order valence-corrected chi connectivity index (χ0v) is 12.3. The Balaban J connectivity index is 2.00. The number of aromatic nitrogens is 1. The Morgan fingerprint density at radius 2 is 1.80 bits per heavy atom. The first kappa shape index (κ1) is 14.7. The zero-order chi connectivity index (χ0) is 14.5. The van der Waals surface area contributed by atoms with Crippen LogP contribution in [0.4, 0.5) is 19.6 Å². The van der Waals surface area contributed by atoms with Gasteiger partial charge in [0.1, 0.15) is 11.6 Å². The van der Waals surface area contributed by atoms with Crippen molar-refractivity contribution in [1.29, 1.82) is 0 Å². The second-order valence-electron chi connectivity index (χ2n) is 4.29. The molecule has 0 aliphatic rings. The minimum absolute atomic E-state index is 0.431. The van der Waals surface area contributed by atoms with Crippen LogP contribution in [-0.4, -0.2) is 18.1 Å². The van der Waals surface area contributed by atoms with Crippen LogP contribution in [0.1, 0.15) is 18.7 Å². The molecule has 1 aromatic carbocycles. The van der Waals surface area contributed by atoms with Crippen molar-refractivity contribution < 1.29 is 8.78 Å². The van der Waals surface area contributed by atoms with Gasteiger partial charge in [-0.05, 0) is 26.0 Å². The molecule has 1 aromatic heterocycles. The highest BCUT2D eigenvalue weighted by Gasteiger charge is 2.08. The number of nitrogens with zero attached hydrogens (tertiary/aromatic N) is 2. The minimum Gasteiger partial charge on any atom is -0.380 e. The molecule has 0 spiro atoms. The van der Waals surface area contributed by atoms with Crippen LogP contribution < -0.4 is 10.2 Å². The number of thiazole rings is 1. The van der Waals surface area contributed by atoms with E-state index >= 15 is 0 Å². The fraction of sp³-hybridized carbons (Fsp3) is 0.357. The largest absolute Gasteiger partial charge is 0.380 e. The molecular formula is C14H17F2N3S. The summed E-state index contributed by atoms with van der Waals surface area (Å²) in [5, 5.41) is 3.97. The molecule has 0 unspecified atom stereocenters. The molecule has 0 saturated heterocycles. The molecule has 0 aliphatic heterocycles. The standard InChI is InChI=1S/C14H17F2N3S/c1-3-19(4-2)14-18-9-13(20-14)8-17-12-6-10(15)5-11(16)7-12/h5-7,9,17H,3-4,8H2,1-2H3.